The molecular formula is C4H2F2I2O. The van der Waals surface area contributed by atoms with Crippen LogP contribution < -0.4 is 0 Å². The zero-order valence-corrected chi connectivity index (χ0v) is 8.39. The Kier molecular flexibility index (Phi) is 5.75. The topological polar surface area (TPSA) is 9.23 Å². The van der Waals surface area contributed by atoms with Crippen molar-refractivity contribution in [3.05, 3.63) is 20.2 Å². The minimum atomic E-state index is 0.00546. The van der Waals surface area contributed by atoms with Gasteiger partial charge in [-0.2, -0.15) is 0 Å². The third kappa shape index (κ3) is 5.07. The summed E-state index contributed by atoms with van der Waals surface area (Å²) >= 11 is 3.19. The standard InChI is InChI=1S/C4H2F2I2O/c5-1-3(7)9-4(8)2-6/h1-2H/b3-1+,4-2+. The van der Waals surface area contributed by atoms with Crippen molar-refractivity contribution in [3.8, 4) is 0 Å². The molecule has 0 aromatic rings. The van der Waals surface area contributed by atoms with Crippen molar-refractivity contribution in [2.24, 2.45) is 0 Å². The van der Waals surface area contributed by atoms with E-state index in [4.69, 9.17) is 0 Å². The van der Waals surface area contributed by atoms with Crippen LogP contribution in [-0.4, -0.2) is 0 Å². The first-order chi connectivity index (χ1) is 4.20. The van der Waals surface area contributed by atoms with Crippen LogP contribution >= 0.6 is 45.2 Å². The van der Waals surface area contributed by atoms with Crippen molar-refractivity contribution < 1.29 is 13.5 Å². The van der Waals surface area contributed by atoms with E-state index in [0.29, 0.717) is 0 Å². The zero-order valence-electron chi connectivity index (χ0n) is 4.07. The number of ether oxygens (including phenoxy) is 1. The van der Waals surface area contributed by atoms with E-state index >= 15 is 0 Å². The van der Waals surface area contributed by atoms with Gasteiger partial charge in [-0.3, -0.25) is 0 Å². The molecule has 0 unspecified atom stereocenters. The van der Waals surface area contributed by atoms with E-state index in [1.54, 1.807) is 45.2 Å². The van der Waals surface area contributed by atoms with Crippen molar-refractivity contribution >= 4 is 45.2 Å². The lowest BCUT2D eigenvalue weighted by Crippen LogP contribution is -1.75. The second-order valence-corrected chi connectivity index (χ2v) is 3.05. The van der Waals surface area contributed by atoms with Gasteiger partial charge in [-0.25, -0.2) is 8.78 Å². The van der Waals surface area contributed by atoms with Crippen molar-refractivity contribution in [1.29, 1.82) is 0 Å². The molecule has 0 atom stereocenters. The minimum Gasteiger partial charge on any atom is -0.440 e. The molecule has 0 N–H and O–H groups in total. The molecule has 0 saturated heterocycles. The lowest BCUT2D eigenvalue weighted by molar-refractivity contribution is 0.369. The van der Waals surface area contributed by atoms with Gasteiger partial charge in [-0.05, 0) is 0 Å². The molecule has 0 aliphatic carbocycles. The van der Waals surface area contributed by atoms with Crippen LogP contribution in [0.2, 0.25) is 0 Å². The molecule has 0 rings (SSSR count). The predicted molar refractivity (Wildman–Crippen MR) is 47.5 cm³/mol. The van der Waals surface area contributed by atoms with Gasteiger partial charge < -0.3 is 4.74 Å². The van der Waals surface area contributed by atoms with Crippen molar-refractivity contribution in [2.45, 2.75) is 0 Å². The molecule has 0 saturated carbocycles. The molecule has 0 aromatic heterocycles. The van der Waals surface area contributed by atoms with Gasteiger partial charge >= 0.3 is 0 Å². The Labute approximate surface area is 78.4 Å². The Morgan fingerprint density at radius 3 is 1.67 bits per heavy atom. The van der Waals surface area contributed by atoms with Gasteiger partial charge in [-0.1, -0.05) is 0 Å². The van der Waals surface area contributed by atoms with Crippen LogP contribution in [0.5, 0.6) is 0 Å². The smallest absolute Gasteiger partial charge is 0.193 e. The van der Waals surface area contributed by atoms with Gasteiger partial charge in [-0.15, -0.1) is 0 Å². The van der Waals surface area contributed by atoms with Crippen LogP contribution in [0.1, 0.15) is 0 Å². The van der Waals surface area contributed by atoms with Gasteiger partial charge in [0.2, 0.25) is 0 Å². The SMILES string of the molecule is F/C=C(\I)O/C(I)=C/F. The highest BCUT2D eigenvalue weighted by molar-refractivity contribution is 14.1. The molecule has 0 spiro atoms. The highest BCUT2D eigenvalue weighted by Crippen LogP contribution is 2.18. The molecule has 0 aliphatic heterocycles. The van der Waals surface area contributed by atoms with Gasteiger partial charge in [0, 0.05) is 45.2 Å². The first kappa shape index (κ1) is 9.60. The first-order valence-electron chi connectivity index (χ1n) is 1.80. The number of hydrogen-bond donors (Lipinski definition) is 0. The van der Waals surface area contributed by atoms with Gasteiger partial charge in [0.15, 0.2) is 7.53 Å². The van der Waals surface area contributed by atoms with E-state index < -0.39 is 0 Å². The molecular weight excluding hydrogens is 356 g/mol. The van der Waals surface area contributed by atoms with E-state index in [9.17, 15) is 8.78 Å². The molecule has 0 heterocycles. The maximum absolute atomic E-state index is 11.4. The average Bonchev–Trinajstić information content (AvgIpc) is 1.87. The summed E-state index contributed by atoms with van der Waals surface area (Å²) < 4.78 is 27.4. The monoisotopic (exact) mass is 358 g/mol. The molecule has 0 fully saturated rings. The molecule has 0 aliphatic rings. The van der Waals surface area contributed by atoms with E-state index in [1.165, 1.54) is 0 Å². The first-order valence-corrected chi connectivity index (χ1v) is 3.96. The molecule has 5 heteroatoms. The molecule has 0 radical (unpaired) electrons. The van der Waals surface area contributed by atoms with E-state index in [0.717, 1.165) is 0 Å². The van der Waals surface area contributed by atoms with Crippen LogP contribution in [0.4, 0.5) is 8.78 Å². The normalized spacial score (nSPS) is 13.8. The third-order valence-electron chi connectivity index (χ3n) is 0.367. The highest BCUT2D eigenvalue weighted by atomic mass is 127. The van der Waals surface area contributed by atoms with Crippen LogP contribution in [0.25, 0.3) is 0 Å². The Morgan fingerprint density at radius 2 is 1.44 bits per heavy atom. The van der Waals surface area contributed by atoms with E-state index in [1.807, 2.05) is 0 Å². The summed E-state index contributed by atoms with van der Waals surface area (Å²) in [6.45, 7) is 0. The van der Waals surface area contributed by atoms with Gasteiger partial charge in [0.05, 0.1) is 0 Å². The summed E-state index contributed by atoms with van der Waals surface area (Å²) in [5.74, 6) is 0. The maximum Gasteiger partial charge on any atom is 0.193 e. The molecule has 0 bridgehead atoms. The fourth-order valence-electron chi connectivity index (χ4n) is 0.138. The summed E-state index contributed by atoms with van der Waals surface area (Å²) in [4.78, 5) is 0. The Bertz CT molecular complexity index is 128. The minimum absolute atomic E-state index is 0.00546. The Balaban J connectivity index is 3.75. The number of hydrogen-bond acceptors (Lipinski definition) is 1. The summed E-state index contributed by atoms with van der Waals surface area (Å²) in [5.41, 5.74) is 0. The lowest BCUT2D eigenvalue weighted by atomic mass is 11.0. The largest absolute Gasteiger partial charge is 0.440 e. The fraction of sp³-hybridized carbons (Fsp3) is 0. The summed E-state index contributed by atoms with van der Waals surface area (Å²) in [5, 5.41) is 0. The molecule has 0 amide bonds. The lowest BCUT2D eigenvalue weighted by Gasteiger charge is -1.96. The molecule has 0 aromatic carbocycles. The predicted octanol–water partition coefficient (Wildman–Crippen LogP) is 3.41. The molecule has 52 valence electrons. The molecule has 9 heavy (non-hydrogen) atoms. The summed E-state index contributed by atoms with van der Waals surface area (Å²) in [6.07, 6.45) is 0.505. The van der Waals surface area contributed by atoms with E-state index in [2.05, 4.69) is 4.74 Å². The highest BCUT2D eigenvalue weighted by Gasteiger charge is 1.94. The summed E-state index contributed by atoms with van der Waals surface area (Å²) in [7, 11) is 0. The fourth-order valence-corrected chi connectivity index (χ4v) is 1.03. The maximum atomic E-state index is 11.4. The average molecular weight is 358 g/mol. The second kappa shape index (κ2) is 5.39. The second-order valence-electron chi connectivity index (χ2n) is 0.929. The van der Waals surface area contributed by atoms with Gasteiger partial charge in [0.25, 0.3) is 0 Å². The zero-order chi connectivity index (χ0) is 7.28. The number of rotatable bonds is 2. The van der Waals surface area contributed by atoms with E-state index in [-0.39, 0.29) is 20.2 Å². The van der Waals surface area contributed by atoms with Crippen molar-refractivity contribution in [3.63, 3.8) is 0 Å². The van der Waals surface area contributed by atoms with Crippen LogP contribution in [-0.2, 0) is 4.74 Å². The van der Waals surface area contributed by atoms with Crippen LogP contribution in [0, 0.1) is 0 Å². The van der Waals surface area contributed by atoms with Crippen molar-refractivity contribution in [1.82, 2.24) is 0 Å². The van der Waals surface area contributed by atoms with Crippen LogP contribution in [0.15, 0.2) is 20.2 Å². The summed E-state index contributed by atoms with van der Waals surface area (Å²) in [6, 6.07) is 0. The quantitative estimate of drug-likeness (QED) is 0.543. The molecule has 1 nitrogen and oxygen atoms in total. The Hall–Kier alpha value is 0.600. The van der Waals surface area contributed by atoms with Crippen LogP contribution in [0.3, 0.4) is 0 Å². The number of halogens is 4. The third-order valence-corrected chi connectivity index (χ3v) is 1.28. The Morgan fingerprint density at radius 1 is 1.11 bits per heavy atom. The van der Waals surface area contributed by atoms with Crippen molar-refractivity contribution in [2.75, 3.05) is 0 Å². The van der Waals surface area contributed by atoms with Gasteiger partial charge in [0.1, 0.15) is 12.7 Å².